The zero-order valence-corrected chi connectivity index (χ0v) is 11.3. The molecule has 0 bridgehead atoms. The molecule has 1 aliphatic rings. The van der Waals surface area contributed by atoms with Crippen molar-refractivity contribution in [2.45, 2.75) is 32.4 Å². The molecule has 0 saturated carbocycles. The minimum Gasteiger partial charge on any atom is -0.311 e. The fraction of sp³-hybridized carbons (Fsp3) is 0.667. The van der Waals surface area contributed by atoms with Crippen molar-refractivity contribution in [2.75, 3.05) is 19.6 Å². The smallest absolute Gasteiger partial charge is 0.0931 e. The topological polar surface area (TPSA) is 15.3 Å². The van der Waals surface area contributed by atoms with Crippen LogP contribution in [0.4, 0.5) is 0 Å². The molecule has 2 nitrogen and oxygen atoms in total. The van der Waals surface area contributed by atoms with E-state index in [9.17, 15) is 0 Å². The fourth-order valence-electron chi connectivity index (χ4n) is 2.21. The largest absolute Gasteiger partial charge is 0.311 e. The Morgan fingerprint density at radius 3 is 3.06 bits per heavy atom. The van der Waals surface area contributed by atoms with Crippen molar-refractivity contribution in [3.8, 4) is 0 Å². The normalized spacial score (nSPS) is 21.8. The number of thiophene rings is 1. The van der Waals surface area contributed by atoms with Gasteiger partial charge >= 0.3 is 0 Å². The van der Waals surface area contributed by atoms with Crippen LogP contribution in [0.1, 0.15) is 24.6 Å². The number of likely N-dealkylation sites (tertiary alicyclic amines) is 1. The van der Waals surface area contributed by atoms with Crippen LogP contribution in [0.15, 0.2) is 12.1 Å². The maximum Gasteiger partial charge on any atom is 0.0931 e. The van der Waals surface area contributed by atoms with E-state index in [1.165, 1.54) is 30.8 Å². The molecular formula is C12H19ClN2S. The Kier molecular flexibility index (Phi) is 4.65. The molecule has 1 atom stereocenters. The van der Waals surface area contributed by atoms with Gasteiger partial charge in [-0.15, -0.1) is 11.3 Å². The van der Waals surface area contributed by atoms with Crippen LogP contribution in [0.3, 0.4) is 0 Å². The third-order valence-corrected chi connectivity index (χ3v) is 4.43. The van der Waals surface area contributed by atoms with E-state index in [2.05, 4.69) is 23.2 Å². The predicted molar refractivity (Wildman–Crippen MR) is 71.3 cm³/mol. The zero-order valence-electron chi connectivity index (χ0n) is 9.71. The van der Waals surface area contributed by atoms with E-state index in [4.69, 9.17) is 11.6 Å². The third kappa shape index (κ3) is 3.45. The molecule has 4 heteroatoms. The van der Waals surface area contributed by atoms with E-state index in [1.807, 2.05) is 6.07 Å². The lowest BCUT2D eigenvalue weighted by Crippen LogP contribution is -2.33. The molecule has 0 spiro atoms. The zero-order chi connectivity index (χ0) is 11.4. The molecule has 2 heterocycles. The van der Waals surface area contributed by atoms with Crippen LogP contribution in [0.5, 0.6) is 0 Å². The predicted octanol–water partition coefficient (Wildman–Crippen LogP) is 2.98. The molecule has 0 radical (unpaired) electrons. The number of rotatable bonds is 5. The van der Waals surface area contributed by atoms with Crippen LogP contribution in [-0.4, -0.2) is 30.6 Å². The molecule has 1 N–H and O–H groups in total. The van der Waals surface area contributed by atoms with Crippen molar-refractivity contribution in [1.29, 1.82) is 0 Å². The number of halogens is 1. The van der Waals surface area contributed by atoms with Crippen LogP contribution in [0.25, 0.3) is 0 Å². The highest BCUT2D eigenvalue weighted by atomic mass is 35.5. The summed E-state index contributed by atoms with van der Waals surface area (Å²) in [4.78, 5) is 3.88. The van der Waals surface area contributed by atoms with Gasteiger partial charge in [-0.3, -0.25) is 4.90 Å². The number of hydrogen-bond acceptors (Lipinski definition) is 3. The molecule has 90 valence electrons. The lowest BCUT2D eigenvalue weighted by Gasteiger charge is -2.20. The SMILES string of the molecule is CC1CCCN1CCNCc1ccc(Cl)s1. The summed E-state index contributed by atoms with van der Waals surface area (Å²) in [6.45, 7) is 6.78. The summed E-state index contributed by atoms with van der Waals surface area (Å²) in [6, 6.07) is 4.84. The standard InChI is InChI=1S/C12H19ClN2S/c1-10-3-2-7-15(10)8-6-14-9-11-4-5-12(13)16-11/h4-5,10,14H,2-3,6-9H2,1H3. The Morgan fingerprint density at radius 1 is 1.56 bits per heavy atom. The van der Waals surface area contributed by atoms with Gasteiger partial charge in [0.15, 0.2) is 0 Å². The Labute approximate surface area is 107 Å². The monoisotopic (exact) mass is 258 g/mol. The van der Waals surface area contributed by atoms with Crippen molar-refractivity contribution in [3.05, 3.63) is 21.3 Å². The average molecular weight is 259 g/mol. The van der Waals surface area contributed by atoms with Crippen molar-refractivity contribution >= 4 is 22.9 Å². The Morgan fingerprint density at radius 2 is 2.44 bits per heavy atom. The van der Waals surface area contributed by atoms with E-state index in [0.717, 1.165) is 23.5 Å². The van der Waals surface area contributed by atoms with Gasteiger partial charge in [0.1, 0.15) is 0 Å². The summed E-state index contributed by atoms with van der Waals surface area (Å²) in [5, 5.41) is 3.47. The first-order valence-corrected chi connectivity index (χ1v) is 7.14. The van der Waals surface area contributed by atoms with E-state index >= 15 is 0 Å². The van der Waals surface area contributed by atoms with E-state index < -0.39 is 0 Å². The fourth-order valence-corrected chi connectivity index (χ4v) is 3.26. The van der Waals surface area contributed by atoms with Gasteiger partial charge < -0.3 is 5.32 Å². The molecule has 16 heavy (non-hydrogen) atoms. The van der Waals surface area contributed by atoms with Gasteiger partial charge in [-0.25, -0.2) is 0 Å². The second-order valence-electron chi connectivity index (χ2n) is 4.41. The highest BCUT2D eigenvalue weighted by molar-refractivity contribution is 7.16. The van der Waals surface area contributed by atoms with Gasteiger partial charge in [0.25, 0.3) is 0 Å². The first kappa shape index (κ1) is 12.4. The van der Waals surface area contributed by atoms with Gasteiger partial charge in [0, 0.05) is 30.6 Å². The second kappa shape index (κ2) is 6.01. The Balaban J connectivity index is 1.61. The first-order chi connectivity index (χ1) is 7.75. The second-order valence-corrected chi connectivity index (χ2v) is 6.21. The van der Waals surface area contributed by atoms with Crippen LogP contribution < -0.4 is 5.32 Å². The number of nitrogens with zero attached hydrogens (tertiary/aromatic N) is 1. The van der Waals surface area contributed by atoms with Gasteiger partial charge in [0.05, 0.1) is 4.34 Å². The van der Waals surface area contributed by atoms with Crippen LogP contribution in [0.2, 0.25) is 4.34 Å². The quantitative estimate of drug-likeness (QED) is 0.817. The first-order valence-electron chi connectivity index (χ1n) is 5.94. The lowest BCUT2D eigenvalue weighted by molar-refractivity contribution is 0.268. The van der Waals surface area contributed by atoms with Gasteiger partial charge in [-0.1, -0.05) is 11.6 Å². The summed E-state index contributed by atoms with van der Waals surface area (Å²) < 4.78 is 0.880. The molecule has 1 fully saturated rings. The summed E-state index contributed by atoms with van der Waals surface area (Å²) in [6.07, 6.45) is 2.72. The van der Waals surface area contributed by atoms with Gasteiger partial charge in [-0.2, -0.15) is 0 Å². The molecule has 1 aromatic heterocycles. The minimum absolute atomic E-state index is 0.776. The van der Waals surface area contributed by atoms with Gasteiger partial charge in [-0.05, 0) is 38.4 Å². The summed E-state index contributed by atoms with van der Waals surface area (Å²) in [5.74, 6) is 0. The molecule has 2 rings (SSSR count). The minimum atomic E-state index is 0.776. The molecular weight excluding hydrogens is 240 g/mol. The average Bonchev–Trinajstić information content (AvgIpc) is 2.83. The van der Waals surface area contributed by atoms with Crippen molar-refractivity contribution in [1.82, 2.24) is 10.2 Å². The number of hydrogen-bond donors (Lipinski definition) is 1. The van der Waals surface area contributed by atoms with E-state index in [-0.39, 0.29) is 0 Å². The highest BCUT2D eigenvalue weighted by Gasteiger charge is 2.18. The maximum absolute atomic E-state index is 5.88. The van der Waals surface area contributed by atoms with Crippen molar-refractivity contribution in [3.63, 3.8) is 0 Å². The van der Waals surface area contributed by atoms with E-state index in [1.54, 1.807) is 11.3 Å². The summed E-state index contributed by atoms with van der Waals surface area (Å²) >= 11 is 7.54. The number of nitrogens with one attached hydrogen (secondary N) is 1. The molecule has 1 saturated heterocycles. The molecule has 1 aromatic rings. The molecule has 0 aliphatic carbocycles. The van der Waals surface area contributed by atoms with Gasteiger partial charge in [0.2, 0.25) is 0 Å². The van der Waals surface area contributed by atoms with Crippen molar-refractivity contribution in [2.24, 2.45) is 0 Å². The van der Waals surface area contributed by atoms with Crippen molar-refractivity contribution < 1.29 is 0 Å². The lowest BCUT2D eigenvalue weighted by atomic mass is 10.2. The Bertz CT molecular complexity index is 327. The van der Waals surface area contributed by atoms with Crippen LogP contribution in [-0.2, 0) is 6.54 Å². The molecule has 0 aromatic carbocycles. The Hall–Kier alpha value is -0.0900. The highest BCUT2D eigenvalue weighted by Crippen LogP contribution is 2.21. The molecule has 1 unspecified atom stereocenters. The van der Waals surface area contributed by atoms with Crippen LogP contribution >= 0.6 is 22.9 Å². The van der Waals surface area contributed by atoms with E-state index in [0.29, 0.717) is 0 Å². The maximum atomic E-state index is 5.88. The molecule has 0 amide bonds. The summed E-state index contributed by atoms with van der Waals surface area (Å²) in [5.41, 5.74) is 0. The van der Waals surface area contributed by atoms with Crippen LogP contribution in [0, 0.1) is 0 Å². The molecule has 1 aliphatic heterocycles. The summed E-state index contributed by atoms with van der Waals surface area (Å²) in [7, 11) is 0. The third-order valence-electron chi connectivity index (χ3n) is 3.19.